The van der Waals surface area contributed by atoms with E-state index in [0.717, 1.165) is 38.9 Å². The summed E-state index contributed by atoms with van der Waals surface area (Å²) in [5, 5.41) is 9.40. The molecule has 3 heteroatoms. The van der Waals surface area contributed by atoms with Crippen molar-refractivity contribution < 1.29 is 14.6 Å². The predicted molar refractivity (Wildman–Crippen MR) is 63.6 cm³/mol. The molecule has 17 heavy (non-hydrogen) atoms. The van der Waals surface area contributed by atoms with E-state index in [2.05, 4.69) is 19.1 Å². The molecule has 3 unspecified atom stereocenters. The highest BCUT2D eigenvalue weighted by molar-refractivity contribution is 5.72. The highest BCUT2D eigenvalue weighted by Gasteiger charge is 2.56. The van der Waals surface area contributed by atoms with E-state index in [4.69, 9.17) is 4.74 Å². The normalized spacial score (nSPS) is 41.5. The maximum absolute atomic E-state index is 11.4. The highest BCUT2D eigenvalue weighted by Crippen LogP contribution is 2.59. The van der Waals surface area contributed by atoms with Crippen LogP contribution in [0.5, 0.6) is 0 Å². The molecule has 0 amide bonds. The lowest BCUT2D eigenvalue weighted by Gasteiger charge is -2.46. The van der Waals surface area contributed by atoms with Gasteiger partial charge in [0.1, 0.15) is 0 Å². The molecule has 1 heterocycles. The van der Waals surface area contributed by atoms with Gasteiger partial charge in [0.2, 0.25) is 0 Å². The summed E-state index contributed by atoms with van der Waals surface area (Å²) in [6.45, 7) is 3.83. The summed E-state index contributed by atoms with van der Waals surface area (Å²) in [5.74, 6) is -0.268. The van der Waals surface area contributed by atoms with E-state index in [-0.39, 0.29) is 16.7 Å². The van der Waals surface area contributed by atoms with Crippen molar-refractivity contribution in [3.8, 4) is 0 Å². The molecule has 2 aliphatic carbocycles. The van der Waals surface area contributed by atoms with Gasteiger partial charge in [0.05, 0.1) is 19.1 Å². The summed E-state index contributed by atoms with van der Waals surface area (Å²) in [7, 11) is 0. The molecule has 0 aromatic rings. The maximum atomic E-state index is 11.4. The van der Waals surface area contributed by atoms with Gasteiger partial charge in [0.25, 0.3) is 0 Å². The Labute approximate surface area is 102 Å². The number of rotatable bonds is 4. The summed E-state index contributed by atoms with van der Waals surface area (Å²) in [5.41, 5.74) is 0.174. The molecular formula is C14H20O3. The Morgan fingerprint density at radius 2 is 2.29 bits per heavy atom. The largest absolute Gasteiger partial charge is 0.481 e. The first-order valence-corrected chi connectivity index (χ1v) is 6.59. The van der Waals surface area contributed by atoms with Crippen molar-refractivity contribution in [2.75, 3.05) is 13.2 Å². The van der Waals surface area contributed by atoms with Crippen LogP contribution in [0, 0.1) is 22.7 Å². The lowest BCUT2D eigenvalue weighted by molar-refractivity contribution is -0.153. The highest BCUT2D eigenvalue weighted by atomic mass is 16.5. The van der Waals surface area contributed by atoms with Gasteiger partial charge in [-0.25, -0.2) is 0 Å². The van der Waals surface area contributed by atoms with Gasteiger partial charge in [0, 0.05) is 10.8 Å². The molecule has 3 atom stereocenters. The van der Waals surface area contributed by atoms with E-state index >= 15 is 0 Å². The number of carbonyl (C=O) groups is 1. The van der Waals surface area contributed by atoms with Crippen molar-refractivity contribution in [2.24, 2.45) is 22.7 Å². The van der Waals surface area contributed by atoms with Gasteiger partial charge in [-0.1, -0.05) is 19.1 Å². The van der Waals surface area contributed by atoms with Gasteiger partial charge in [-0.05, 0) is 31.6 Å². The molecular weight excluding hydrogens is 216 g/mol. The standard InChI is InChI=1S/C14H20O3/c1-2-13(8-17-9-13)7-14-4-3-10(6-14)5-11(14)12(15)16/h3-4,10-11H,2,5-9H2,1H3,(H,15,16). The van der Waals surface area contributed by atoms with Crippen LogP contribution in [0.2, 0.25) is 0 Å². The second-order valence-electron chi connectivity index (χ2n) is 6.21. The molecule has 1 aliphatic heterocycles. The van der Waals surface area contributed by atoms with Crippen LogP contribution in [0.3, 0.4) is 0 Å². The van der Waals surface area contributed by atoms with Crippen LogP contribution in [0.1, 0.15) is 32.6 Å². The molecule has 3 rings (SSSR count). The summed E-state index contributed by atoms with van der Waals surface area (Å²) in [4.78, 5) is 11.4. The molecule has 0 radical (unpaired) electrons. The Hall–Kier alpha value is -0.830. The summed E-state index contributed by atoms with van der Waals surface area (Å²) < 4.78 is 5.37. The van der Waals surface area contributed by atoms with Gasteiger partial charge in [-0.2, -0.15) is 0 Å². The Bertz CT molecular complexity index is 364. The van der Waals surface area contributed by atoms with Crippen molar-refractivity contribution in [3.05, 3.63) is 12.2 Å². The van der Waals surface area contributed by atoms with E-state index in [0.29, 0.717) is 5.92 Å². The second-order valence-corrected chi connectivity index (χ2v) is 6.21. The number of fused-ring (bicyclic) bond motifs is 2. The monoisotopic (exact) mass is 236 g/mol. The average Bonchev–Trinajstić information content (AvgIpc) is 2.80. The second kappa shape index (κ2) is 3.58. The number of hydrogen-bond donors (Lipinski definition) is 1. The predicted octanol–water partition coefficient (Wildman–Crippen LogP) is 2.47. The molecule has 2 fully saturated rings. The van der Waals surface area contributed by atoms with Crippen molar-refractivity contribution in [3.63, 3.8) is 0 Å². The summed E-state index contributed by atoms with van der Waals surface area (Å²) in [6, 6.07) is 0. The lowest BCUT2D eigenvalue weighted by atomic mass is 9.64. The Balaban J connectivity index is 1.84. The molecule has 0 aromatic heterocycles. The zero-order valence-corrected chi connectivity index (χ0v) is 10.3. The van der Waals surface area contributed by atoms with Crippen LogP contribution >= 0.6 is 0 Å². The van der Waals surface area contributed by atoms with Crippen LogP contribution in [0.25, 0.3) is 0 Å². The van der Waals surface area contributed by atoms with E-state index in [9.17, 15) is 9.90 Å². The molecule has 3 nitrogen and oxygen atoms in total. The fraction of sp³-hybridized carbons (Fsp3) is 0.786. The Kier molecular flexibility index (Phi) is 2.37. The molecule has 3 aliphatic rings. The van der Waals surface area contributed by atoms with Gasteiger partial charge in [-0.15, -0.1) is 0 Å². The van der Waals surface area contributed by atoms with Crippen LogP contribution in [0.15, 0.2) is 12.2 Å². The van der Waals surface area contributed by atoms with Gasteiger partial charge < -0.3 is 9.84 Å². The number of hydrogen-bond acceptors (Lipinski definition) is 2. The van der Waals surface area contributed by atoms with Crippen molar-refractivity contribution >= 4 is 5.97 Å². The van der Waals surface area contributed by atoms with Crippen molar-refractivity contribution in [2.45, 2.75) is 32.6 Å². The Morgan fingerprint density at radius 3 is 2.76 bits per heavy atom. The minimum atomic E-state index is -0.608. The smallest absolute Gasteiger partial charge is 0.307 e. The maximum Gasteiger partial charge on any atom is 0.307 e. The fourth-order valence-electron chi connectivity index (χ4n) is 4.03. The zero-order chi connectivity index (χ0) is 12.1. The van der Waals surface area contributed by atoms with Crippen LogP contribution in [-0.2, 0) is 9.53 Å². The third kappa shape index (κ3) is 1.55. The summed E-state index contributed by atoms with van der Waals surface area (Å²) in [6.07, 6.45) is 8.43. The van der Waals surface area contributed by atoms with E-state index < -0.39 is 5.97 Å². The summed E-state index contributed by atoms with van der Waals surface area (Å²) >= 11 is 0. The van der Waals surface area contributed by atoms with E-state index in [1.165, 1.54) is 0 Å². The molecule has 1 N–H and O–H groups in total. The minimum Gasteiger partial charge on any atom is -0.481 e. The van der Waals surface area contributed by atoms with Crippen molar-refractivity contribution in [1.82, 2.24) is 0 Å². The quantitative estimate of drug-likeness (QED) is 0.763. The minimum absolute atomic E-state index is 0.0731. The topological polar surface area (TPSA) is 46.5 Å². The molecule has 1 saturated heterocycles. The Morgan fingerprint density at radius 1 is 1.53 bits per heavy atom. The van der Waals surface area contributed by atoms with Gasteiger partial charge >= 0.3 is 5.97 Å². The SMILES string of the molecule is CCC1(CC23C=CC(CC2C(=O)O)C3)COC1. The van der Waals surface area contributed by atoms with E-state index in [1.807, 2.05) is 0 Å². The average molecular weight is 236 g/mol. The third-order valence-electron chi connectivity index (χ3n) is 5.14. The molecule has 94 valence electrons. The van der Waals surface area contributed by atoms with Crippen molar-refractivity contribution in [1.29, 1.82) is 0 Å². The fourth-order valence-corrected chi connectivity index (χ4v) is 4.03. The first kappa shape index (κ1) is 11.3. The first-order chi connectivity index (χ1) is 8.09. The zero-order valence-electron chi connectivity index (χ0n) is 10.3. The number of ether oxygens (including phenoxy) is 1. The molecule has 0 spiro atoms. The van der Waals surface area contributed by atoms with Crippen LogP contribution in [-0.4, -0.2) is 24.3 Å². The van der Waals surface area contributed by atoms with Gasteiger partial charge in [0.15, 0.2) is 0 Å². The number of aliphatic carboxylic acids is 1. The van der Waals surface area contributed by atoms with Crippen LogP contribution in [0.4, 0.5) is 0 Å². The molecule has 2 bridgehead atoms. The number of carboxylic acid groups (broad SMARTS) is 1. The lowest BCUT2D eigenvalue weighted by Crippen LogP contribution is -2.47. The molecule has 0 aromatic carbocycles. The molecule has 1 saturated carbocycles. The number of carboxylic acids is 1. The van der Waals surface area contributed by atoms with Gasteiger partial charge in [-0.3, -0.25) is 4.79 Å². The third-order valence-corrected chi connectivity index (χ3v) is 5.14. The first-order valence-electron chi connectivity index (χ1n) is 6.59. The van der Waals surface area contributed by atoms with Crippen LogP contribution < -0.4 is 0 Å². The number of allylic oxidation sites excluding steroid dienone is 2. The van der Waals surface area contributed by atoms with E-state index in [1.54, 1.807) is 0 Å².